The Morgan fingerprint density at radius 2 is 1.50 bits per heavy atom. The van der Waals surface area contributed by atoms with Gasteiger partial charge in [0.05, 0.1) is 16.7 Å². The third-order valence-electron chi connectivity index (χ3n) is 3.74. The van der Waals surface area contributed by atoms with Crippen molar-refractivity contribution in [1.82, 2.24) is 9.97 Å². The van der Waals surface area contributed by atoms with Crippen molar-refractivity contribution >= 4 is 34.0 Å². The lowest BCUT2D eigenvalue weighted by Crippen LogP contribution is -1.84. The van der Waals surface area contributed by atoms with Crippen molar-refractivity contribution in [2.45, 2.75) is 0 Å². The molecule has 2 aromatic carbocycles. The maximum atomic E-state index is 4.67. The predicted molar refractivity (Wildman–Crippen MR) is 92.4 cm³/mol. The summed E-state index contributed by atoms with van der Waals surface area (Å²) in [5, 5.41) is 2.32. The minimum Gasteiger partial charge on any atom is -0.256 e. The van der Waals surface area contributed by atoms with Gasteiger partial charge < -0.3 is 0 Å². The van der Waals surface area contributed by atoms with Crippen molar-refractivity contribution in [2.24, 2.45) is 0 Å². The van der Waals surface area contributed by atoms with E-state index in [2.05, 4.69) is 34.2 Å². The molecule has 0 amide bonds. The second-order valence-electron chi connectivity index (χ2n) is 5.18. The minimum absolute atomic E-state index is 0.958. The number of para-hydroxylation sites is 2. The van der Waals surface area contributed by atoms with Gasteiger partial charge in [0.1, 0.15) is 0 Å². The van der Waals surface area contributed by atoms with E-state index < -0.39 is 0 Å². The zero-order valence-corrected chi connectivity index (χ0v) is 12.0. The third-order valence-corrected chi connectivity index (χ3v) is 3.74. The van der Waals surface area contributed by atoms with Crippen LogP contribution >= 0.6 is 0 Å². The minimum atomic E-state index is 0.958. The summed E-state index contributed by atoms with van der Waals surface area (Å²) in [5.74, 6) is 0. The average molecular weight is 282 g/mol. The monoisotopic (exact) mass is 282 g/mol. The number of nitrogens with zero attached hydrogens (tertiary/aromatic N) is 2. The van der Waals surface area contributed by atoms with Crippen LogP contribution in [-0.4, -0.2) is 9.97 Å². The van der Waals surface area contributed by atoms with E-state index in [0.717, 1.165) is 33.1 Å². The normalized spacial score (nSPS) is 11.5. The largest absolute Gasteiger partial charge is 0.256 e. The molecule has 0 aliphatic rings. The van der Waals surface area contributed by atoms with Gasteiger partial charge in [0, 0.05) is 17.0 Å². The molecule has 22 heavy (non-hydrogen) atoms. The van der Waals surface area contributed by atoms with Crippen molar-refractivity contribution in [2.75, 3.05) is 0 Å². The Kier molecular flexibility index (Phi) is 3.13. The average Bonchev–Trinajstić information content (AvgIpc) is 2.60. The summed E-state index contributed by atoms with van der Waals surface area (Å²) in [6, 6.07) is 22.5. The number of aromatic nitrogens is 2. The molecule has 104 valence electrons. The van der Waals surface area contributed by atoms with Crippen LogP contribution in [-0.2, 0) is 0 Å². The van der Waals surface area contributed by atoms with E-state index in [0.29, 0.717) is 0 Å². The highest BCUT2D eigenvalue weighted by atomic mass is 14.7. The van der Waals surface area contributed by atoms with Gasteiger partial charge in [-0.25, -0.2) is 4.98 Å². The summed E-state index contributed by atoms with van der Waals surface area (Å²) in [7, 11) is 0. The standard InChI is InChI=1S/C20H14N2/c1-3-7-19-16(5-1)10-12-17(22-19)11-9-15-13-14-21-20-8-4-2-6-18(15)20/h1-14H/b11-9+. The molecule has 4 aromatic rings. The van der Waals surface area contributed by atoms with E-state index in [1.807, 2.05) is 60.8 Å². The van der Waals surface area contributed by atoms with Crippen LogP contribution in [0.25, 0.3) is 34.0 Å². The molecule has 4 rings (SSSR count). The Labute approximate surface area is 128 Å². The van der Waals surface area contributed by atoms with E-state index in [9.17, 15) is 0 Å². The van der Waals surface area contributed by atoms with Gasteiger partial charge in [-0.3, -0.25) is 4.98 Å². The topological polar surface area (TPSA) is 25.8 Å². The summed E-state index contributed by atoms with van der Waals surface area (Å²) in [6.45, 7) is 0. The van der Waals surface area contributed by atoms with Gasteiger partial charge in [0.2, 0.25) is 0 Å². The molecule has 2 aromatic heterocycles. The van der Waals surface area contributed by atoms with Gasteiger partial charge in [-0.1, -0.05) is 48.5 Å². The van der Waals surface area contributed by atoms with Crippen LogP contribution < -0.4 is 0 Å². The Bertz CT molecular complexity index is 981. The lowest BCUT2D eigenvalue weighted by atomic mass is 10.1. The van der Waals surface area contributed by atoms with Crippen molar-refractivity contribution in [3.63, 3.8) is 0 Å². The maximum absolute atomic E-state index is 4.67. The molecule has 2 heterocycles. The zero-order chi connectivity index (χ0) is 14.8. The summed E-state index contributed by atoms with van der Waals surface area (Å²) in [6.07, 6.45) is 5.99. The molecule has 0 spiro atoms. The molecule has 0 unspecified atom stereocenters. The van der Waals surface area contributed by atoms with Gasteiger partial charge in [0.15, 0.2) is 0 Å². The first kappa shape index (κ1) is 12.7. The van der Waals surface area contributed by atoms with Gasteiger partial charge in [0.25, 0.3) is 0 Å². The van der Waals surface area contributed by atoms with Gasteiger partial charge >= 0.3 is 0 Å². The molecule has 0 radical (unpaired) electrons. The fourth-order valence-electron chi connectivity index (χ4n) is 2.61. The first-order chi connectivity index (χ1) is 10.9. The summed E-state index contributed by atoms with van der Waals surface area (Å²) >= 11 is 0. The Morgan fingerprint density at radius 1 is 0.682 bits per heavy atom. The van der Waals surface area contributed by atoms with Gasteiger partial charge in [-0.05, 0) is 35.9 Å². The molecule has 0 saturated heterocycles. The molecule has 2 nitrogen and oxygen atoms in total. The fraction of sp³-hybridized carbons (Fsp3) is 0. The molecule has 0 aliphatic carbocycles. The molecule has 0 saturated carbocycles. The van der Waals surface area contributed by atoms with Crippen molar-refractivity contribution < 1.29 is 0 Å². The Hall–Kier alpha value is -3.00. The second-order valence-corrected chi connectivity index (χ2v) is 5.18. The molecular weight excluding hydrogens is 268 g/mol. The van der Waals surface area contributed by atoms with E-state index in [4.69, 9.17) is 0 Å². The lowest BCUT2D eigenvalue weighted by molar-refractivity contribution is 1.37. The second kappa shape index (κ2) is 5.41. The Morgan fingerprint density at radius 3 is 2.45 bits per heavy atom. The smallest absolute Gasteiger partial charge is 0.0709 e. The van der Waals surface area contributed by atoms with Crippen LogP contribution in [0.1, 0.15) is 11.3 Å². The zero-order valence-electron chi connectivity index (χ0n) is 12.0. The van der Waals surface area contributed by atoms with Crippen molar-refractivity contribution in [1.29, 1.82) is 0 Å². The van der Waals surface area contributed by atoms with E-state index in [-0.39, 0.29) is 0 Å². The Balaban J connectivity index is 1.75. The summed E-state index contributed by atoms with van der Waals surface area (Å²) in [5.41, 5.74) is 4.14. The van der Waals surface area contributed by atoms with E-state index in [1.54, 1.807) is 0 Å². The third kappa shape index (κ3) is 2.35. The highest BCUT2D eigenvalue weighted by Crippen LogP contribution is 2.19. The number of hydrogen-bond acceptors (Lipinski definition) is 2. The first-order valence-electron chi connectivity index (χ1n) is 7.28. The predicted octanol–water partition coefficient (Wildman–Crippen LogP) is 4.95. The molecular formula is C20H14N2. The van der Waals surface area contributed by atoms with Crippen molar-refractivity contribution in [3.05, 3.63) is 84.2 Å². The fourth-order valence-corrected chi connectivity index (χ4v) is 2.61. The van der Waals surface area contributed by atoms with Crippen molar-refractivity contribution in [3.8, 4) is 0 Å². The SMILES string of the molecule is C(=C\c1ccnc2ccccc12)/c1ccc2ccccc2n1. The van der Waals surface area contributed by atoms with Crippen LogP contribution in [0.2, 0.25) is 0 Å². The van der Waals surface area contributed by atoms with Crippen LogP contribution in [0.5, 0.6) is 0 Å². The number of rotatable bonds is 2. The molecule has 2 heteroatoms. The van der Waals surface area contributed by atoms with Crippen LogP contribution in [0.4, 0.5) is 0 Å². The quantitative estimate of drug-likeness (QED) is 0.519. The highest BCUT2D eigenvalue weighted by Gasteiger charge is 1.98. The van der Waals surface area contributed by atoms with E-state index in [1.165, 1.54) is 0 Å². The number of fused-ring (bicyclic) bond motifs is 2. The van der Waals surface area contributed by atoms with Crippen LogP contribution in [0.15, 0.2) is 72.9 Å². The van der Waals surface area contributed by atoms with E-state index >= 15 is 0 Å². The highest BCUT2D eigenvalue weighted by molar-refractivity contribution is 5.90. The summed E-state index contributed by atoms with van der Waals surface area (Å²) < 4.78 is 0. The number of hydrogen-bond donors (Lipinski definition) is 0. The van der Waals surface area contributed by atoms with Gasteiger partial charge in [-0.15, -0.1) is 0 Å². The molecule has 0 aliphatic heterocycles. The maximum Gasteiger partial charge on any atom is 0.0709 e. The van der Waals surface area contributed by atoms with Crippen LogP contribution in [0, 0.1) is 0 Å². The molecule has 0 fully saturated rings. The molecule has 0 atom stereocenters. The first-order valence-corrected chi connectivity index (χ1v) is 7.28. The molecule has 0 bridgehead atoms. The molecule has 0 N–H and O–H groups in total. The van der Waals surface area contributed by atoms with Gasteiger partial charge in [-0.2, -0.15) is 0 Å². The number of pyridine rings is 2. The number of benzene rings is 2. The lowest BCUT2D eigenvalue weighted by Gasteiger charge is -2.01. The van der Waals surface area contributed by atoms with Crippen LogP contribution in [0.3, 0.4) is 0 Å². The summed E-state index contributed by atoms with van der Waals surface area (Å²) in [4.78, 5) is 9.06.